The van der Waals surface area contributed by atoms with Crippen LogP contribution in [0.4, 0.5) is 0 Å². The fourth-order valence-corrected chi connectivity index (χ4v) is 5.61. The lowest BCUT2D eigenvalue weighted by Crippen LogP contribution is -2.20. The molecule has 0 fully saturated rings. The highest BCUT2D eigenvalue weighted by atomic mass is 16.3. The van der Waals surface area contributed by atoms with Gasteiger partial charge in [-0.25, -0.2) is 4.98 Å². The molecule has 2 heterocycles. The van der Waals surface area contributed by atoms with Crippen LogP contribution in [0.2, 0.25) is 0 Å². The second kappa shape index (κ2) is 6.32. The summed E-state index contributed by atoms with van der Waals surface area (Å²) >= 11 is 0. The summed E-state index contributed by atoms with van der Waals surface area (Å²) in [5.41, 5.74) is 11.0. The van der Waals surface area contributed by atoms with E-state index < -0.39 is 0 Å². The van der Waals surface area contributed by atoms with Crippen molar-refractivity contribution in [2.24, 2.45) is 0 Å². The number of hydrogen-bond donors (Lipinski definition) is 0. The Balaban J connectivity index is 1.68. The zero-order valence-electron chi connectivity index (χ0n) is 18.9. The molecule has 1 aliphatic rings. The summed E-state index contributed by atoms with van der Waals surface area (Å²) in [6.45, 7) is 6.77. The molecule has 1 aliphatic carbocycles. The molecule has 0 spiro atoms. The van der Waals surface area contributed by atoms with Gasteiger partial charge < -0.3 is 4.42 Å². The average molecular weight is 426 g/mol. The Bertz CT molecular complexity index is 1740. The van der Waals surface area contributed by atoms with Gasteiger partial charge >= 0.3 is 0 Å². The van der Waals surface area contributed by atoms with Crippen molar-refractivity contribution >= 4 is 32.8 Å². The summed E-state index contributed by atoms with van der Waals surface area (Å²) in [5, 5.41) is 3.58. The number of hydrogen-bond acceptors (Lipinski definition) is 2. The van der Waals surface area contributed by atoms with E-state index in [1.165, 1.54) is 38.4 Å². The first-order chi connectivity index (χ1) is 16.0. The quantitative estimate of drug-likeness (QED) is 0.264. The van der Waals surface area contributed by atoms with Gasteiger partial charge in [-0.1, -0.05) is 80.1 Å². The molecular weight excluding hydrogens is 402 g/mol. The average Bonchev–Trinajstić information content (AvgIpc) is 3.19. The van der Waals surface area contributed by atoms with E-state index in [-0.39, 0.29) is 5.41 Å². The van der Waals surface area contributed by atoms with Crippen LogP contribution in [0.25, 0.3) is 55.2 Å². The molecule has 4 aromatic carbocycles. The van der Waals surface area contributed by atoms with Crippen molar-refractivity contribution in [1.82, 2.24) is 4.98 Å². The highest BCUT2D eigenvalue weighted by Crippen LogP contribution is 2.51. The predicted octanol–water partition coefficient (Wildman–Crippen LogP) is 8.42. The maximum Gasteiger partial charge on any atom is 0.143 e. The number of aryl methyl sites for hydroxylation is 1. The van der Waals surface area contributed by atoms with Crippen LogP contribution in [0.3, 0.4) is 0 Å². The number of furan rings is 1. The molecule has 2 heteroatoms. The first-order valence-electron chi connectivity index (χ1n) is 11.5. The summed E-state index contributed by atoms with van der Waals surface area (Å²) in [6.07, 6.45) is 0. The summed E-state index contributed by atoms with van der Waals surface area (Å²) in [6, 6.07) is 30.3. The molecule has 2 aromatic heterocycles. The van der Waals surface area contributed by atoms with Crippen molar-refractivity contribution in [3.63, 3.8) is 0 Å². The van der Waals surface area contributed by atoms with Crippen molar-refractivity contribution in [3.05, 3.63) is 102 Å². The van der Waals surface area contributed by atoms with E-state index in [1.54, 1.807) is 0 Å². The van der Waals surface area contributed by atoms with Crippen LogP contribution in [-0.4, -0.2) is 4.98 Å². The van der Waals surface area contributed by atoms with E-state index in [4.69, 9.17) is 9.40 Å². The van der Waals surface area contributed by atoms with Gasteiger partial charge in [0.1, 0.15) is 11.2 Å². The zero-order valence-corrected chi connectivity index (χ0v) is 18.9. The van der Waals surface area contributed by atoms with Crippen LogP contribution in [0.15, 0.2) is 89.3 Å². The topological polar surface area (TPSA) is 26.0 Å². The molecule has 33 heavy (non-hydrogen) atoms. The lowest BCUT2D eigenvalue weighted by Gasteiger charge is -2.28. The molecule has 0 saturated heterocycles. The van der Waals surface area contributed by atoms with Gasteiger partial charge in [-0.05, 0) is 47.9 Å². The Morgan fingerprint density at radius 1 is 0.727 bits per heavy atom. The number of pyridine rings is 1. The summed E-state index contributed by atoms with van der Waals surface area (Å²) in [7, 11) is 0. The maximum atomic E-state index is 6.58. The van der Waals surface area contributed by atoms with E-state index in [2.05, 4.69) is 106 Å². The van der Waals surface area contributed by atoms with Crippen LogP contribution in [-0.2, 0) is 5.41 Å². The molecule has 0 unspecified atom stereocenters. The number of benzene rings is 4. The summed E-state index contributed by atoms with van der Waals surface area (Å²) < 4.78 is 6.58. The number of rotatable bonds is 1. The Labute approximate surface area is 192 Å². The van der Waals surface area contributed by atoms with E-state index in [9.17, 15) is 0 Å². The maximum absolute atomic E-state index is 6.58. The van der Waals surface area contributed by atoms with Crippen LogP contribution < -0.4 is 0 Å². The van der Waals surface area contributed by atoms with Crippen molar-refractivity contribution in [1.29, 1.82) is 0 Å². The standard InChI is InChI=1S/C31H23NO/c1-18-12-15-25-20(16-18)17-24-29(32-25)22-10-7-11-26-27(22)28-23(31(24,2)3)14-13-21(30(28)33-26)19-8-5-4-6-9-19/h4-17H,1-3H3. The zero-order chi connectivity index (χ0) is 22.3. The van der Waals surface area contributed by atoms with Gasteiger partial charge in [-0.2, -0.15) is 0 Å². The lowest BCUT2D eigenvalue weighted by molar-refractivity contribution is 0.643. The van der Waals surface area contributed by atoms with Crippen molar-refractivity contribution in [2.45, 2.75) is 26.2 Å². The third-order valence-electron chi connectivity index (χ3n) is 7.30. The lowest BCUT2D eigenvalue weighted by atomic mass is 9.76. The molecule has 158 valence electrons. The predicted molar refractivity (Wildman–Crippen MR) is 137 cm³/mol. The third kappa shape index (κ3) is 2.46. The normalized spacial score (nSPS) is 14.2. The second-order valence-corrected chi connectivity index (χ2v) is 9.72. The molecule has 6 aromatic rings. The number of nitrogens with zero attached hydrogens (tertiary/aromatic N) is 1. The Hall–Kier alpha value is -3.91. The summed E-state index contributed by atoms with van der Waals surface area (Å²) in [5.74, 6) is 0. The monoisotopic (exact) mass is 425 g/mol. The van der Waals surface area contributed by atoms with E-state index >= 15 is 0 Å². The van der Waals surface area contributed by atoms with Crippen LogP contribution in [0, 0.1) is 6.92 Å². The smallest absolute Gasteiger partial charge is 0.143 e. The Kier molecular flexibility index (Phi) is 3.57. The van der Waals surface area contributed by atoms with E-state index in [0.29, 0.717) is 0 Å². The fourth-order valence-electron chi connectivity index (χ4n) is 5.61. The van der Waals surface area contributed by atoms with Crippen LogP contribution >= 0.6 is 0 Å². The van der Waals surface area contributed by atoms with Gasteiger partial charge in [0.2, 0.25) is 0 Å². The minimum atomic E-state index is -0.233. The first-order valence-corrected chi connectivity index (χ1v) is 11.5. The molecular formula is C31H23NO. The van der Waals surface area contributed by atoms with E-state index in [0.717, 1.165) is 33.5 Å². The highest BCUT2D eigenvalue weighted by Gasteiger charge is 2.35. The van der Waals surface area contributed by atoms with Gasteiger partial charge in [0, 0.05) is 32.7 Å². The molecule has 0 aliphatic heterocycles. The van der Waals surface area contributed by atoms with Gasteiger partial charge in [-0.15, -0.1) is 0 Å². The van der Waals surface area contributed by atoms with E-state index in [1.807, 2.05) is 0 Å². The minimum Gasteiger partial charge on any atom is -0.455 e. The fraction of sp³-hybridized carbons (Fsp3) is 0.129. The molecule has 7 rings (SSSR count). The molecule has 0 N–H and O–H groups in total. The molecule has 0 amide bonds. The van der Waals surface area contributed by atoms with Gasteiger partial charge in [0.15, 0.2) is 0 Å². The summed E-state index contributed by atoms with van der Waals surface area (Å²) in [4.78, 5) is 5.23. The first kappa shape index (κ1) is 18.6. The molecule has 0 atom stereocenters. The van der Waals surface area contributed by atoms with Gasteiger partial charge in [-0.3, -0.25) is 0 Å². The Morgan fingerprint density at radius 2 is 1.58 bits per heavy atom. The largest absolute Gasteiger partial charge is 0.455 e. The van der Waals surface area contributed by atoms with Crippen molar-refractivity contribution in [2.75, 3.05) is 0 Å². The Morgan fingerprint density at radius 3 is 2.42 bits per heavy atom. The number of aromatic nitrogens is 1. The second-order valence-electron chi connectivity index (χ2n) is 9.72. The van der Waals surface area contributed by atoms with Gasteiger partial charge in [0.05, 0.1) is 11.2 Å². The van der Waals surface area contributed by atoms with Crippen molar-refractivity contribution < 1.29 is 4.42 Å². The molecule has 0 saturated carbocycles. The molecule has 0 bridgehead atoms. The van der Waals surface area contributed by atoms with Crippen LogP contribution in [0.1, 0.15) is 30.5 Å². The van der Waals surface area contributed by atoms with Gasteiger partial charge in [0.25, 0.3) is 0 Å². The number of fused-ring (bicyclic) bond motifs is 3. The molecule has 0 radical (unpaired) electrons. The van der Waals surface area contributed by atoms with Crippen LogP contribution in [0.5, 0.6) is 0 Å². The SMILES string of the molecule is Cc1ccc2nc3c(cc2c1)C(C)(C)c1ccc(-c2ccccc2)c2oc4cccc-3c4c12. The third-order valence-corrected chi connectivity index (χ3v) is 7.30. The highest BCUT2D eigenvalue weighted by molar-refractivity contribution is 6.18. The minimum absolute atomic E-state index is 0.233. The molecule has 2 nitrogen and oxygen atoms in total. The van der Waals surface area contributed by atoms with Crippen molar-refractivity contribution in [3.8, 4) is 22.4 Å².